The summed E-state index contributed by atoms with van der Waals surface area (Å²) >= 11 is 0. The van der Waals surface area contributed by atoms with Crippen molar-refractivity contribution in [3.05, 3.63) is 52.2 Å². The number of nitrogens with zero attached hydrogens (tertiary/aromatic N) is 3. The Kier molecular flexibility index (Phi) is 4.48. The molecule has 0 bridgehead atoms. The van der Waals surface area contributed by atoms with E-state index in [1.54, 1.807) is 0 Å². The van der Waals surface area contributed by atoms with Crippen LogP contribution in [0.3, 0.4) is 0 Å². The number of halogens is 2. The predicted octanol–water partition coefficient (Wildman–Crippen LogP) is 3.63. The number of non-ortho nitro benzene ring substituents is 1. The van der Waals surface area contributed by atoms with Crippen molar-refractivity contribution in [3.8, 4) is 23.1 Å². The first-order chi connectivity index (χ1) is 12.4. The van der Waals surface area contributed by atoms with Crippen molar-refractivity contribution in [1.82, 2.24) is 9.97 Å². The molecule has 0 fully saturated rings. The lowest BCUT2D eigenvalue weighted by Crippen LogP contribution is -1.99. The molecular weight excluding hydrogens is 352 g/mol. The topological polar surface area (TPSA) is 96.6 Å². The van der Waals surface area contributed by atoms with Crippen molar-refractivity contribution in [1.29, 1.82) is 0 Å². The van der Waals surface area contributed by atoms with Crippen LogP contribution >= 0.6 is 0 Å². The Hall–Kier alpha value is -3.56. The molecule has 26 heavy (non-hydrogen) atoms. The van der Waals surface area contributed by atoms with Crippen molar-refractivity contribution in [2.24, 2.45) is 0 Å². The van der Waals surface area contributed by atoms with Crippen LogP contribution in [0.5, 0.6) is 23.1 Å². The van der Waals surface area contributed by atoms with Crippen LogP contribution in [0, 0.1) is 21.7 Å². The molecule has 3 rings (SSSR count). The zero-order valence-corrected chi connectivity index (χ0v) is 13.5. The minimum atomic E-state index is -1.02. The molecule has 0 N–H and O–H groups in total. The van der Waals surface area contributed by atoms with Gasteiger partial charge in [-0.25, -0.2) is 13.8 Å². The number of aromatic nitrogens is 2. The summed E-state index contributed by atoms with van der Waals surface area (Å²) in [5, 5.41) is 10.7. The smallest absolute Gasteiger partial charge is 0.272 e. The highest BCUT2D eigenvalue weighted by Gasteiger charge is 2.19. The predicted molar refractivity (Wildman–Crippen MR) is 85.7 cm³/mol. The average Bonchev–Trinajstić information content (AvgIpc) is 2.64. The summed E-state index contributed by atoms with van der Waals surface area (Å²) in [6, 6.07) is 4.20. The van der Waals surface area contributed by atoms with E-state index in [2.05, 4.69) is 9.97 Å². The number of ether oxygens (including phenoxy) is 3. The molecule has 0 aliphatic heterocycles. The van der Waals surface area contributed by atoms with Crippen molar-refractivity contribution >= 4 is 16.7 Å². The molecule has 0 amide bonds. The SMILES string of the molecule is COc1cc2ncc(F)c(Oc3ccc([N+](=O)[O-])cc3F)c2nc1OC. The third-order valence-corrected chi connectivity index (χ3v) is 3.44. The number of fused-ring (bicyclic) bond motifs is 1. The van der Waals surface area contributed by atoms with Crippen LogP contribution in [0.15, 0.2) is 30.5 Å². The van der Waals surface area contributed by atoms with Crippen LogP contribution in [0.4, 0.5) is 14.5 Å². The molecule has 0 saturated heterocycles. The monoisotopic (exact) mass is 363 g/mol. The van der Waals surface area contributed by atoms with Crippen LogP contribution in [0.1, 0.15) is 0 Å². The number of methoxy groups -OCH3 is 2. The van der Waals surface area contributed by atoms with E-state index in [9.17, 15) is 18.9 Å². The van der Waals surface area contributed by atoms with Crippen molar-refractivity contribution in [2.75, 3.05) is 14.2 Å². The standard InChI is InChI=1S/C16H11F2N3O5/c1-24-13-6-11-14(20-16(13)25-2)15(10(18)7-19-11)26-12-4-3-8(21(22)23)5-9(12)17/h3-7H,1-2H3. The van der Waals surface area contributed by atoms with Gasteiger partial charge in [0.15, 0.2) is 28.9 Å². The molecule has 0 unspecified atom stereocenters. The Morgan fingerprint density at radius 3 is 2.46 bits per heavy atom. The van der Waals surface area contributed by atoms with E-state index >= 15 is 0 Å². The quantitative estimate of drug-likeness (QED) is 0.504. The number of pyridine rings is 2. The van der Waals surface area contributed by atoms with Crippen molar-refractivity contribution in [3.63, 3.8) is 0 Å². The third kappa shape index (κ3) is 3.04. The molecule has 0 radical (unpaired) electrons. The number of benzene rings is 1. The lowest BCUT2D eigenvalue weighted by atomic mass is 10.2. The Morgan fingerprint density at radius 2 is 1.85 bits per heavy atom. The Morgan fingerprint density at radius 1 is 1.08 bits per heavy atom. The highest BCUT2D eigenvalue weighted by molar-refractivity contribution is 5.83. The van der Waals surface area contributed by atoms with Gasteiger partial charge in [0.25, 0.3) is 11.6 Å². The minimum Gasteiger partial charge on any atom is -0.491 e. The number of rotatable bonds is 5. The molecule has 10 heteroatoms. The van der Waals surface area contributed by atoms with Gasteiger partial charge < -0.3 is 14.2 Å². The summed E-state index contributed by atoms with van der Waals surface area (Å²) in [7, 11) is 2.75. The van der Waals surface area contributed by atoms with Crippen LogP contribution < -0.4 is 14.2 Å². The van der Waals surface area contributed by atoms with Gasteiger partial charge in [-0.15, -0.1) is 0 Å². The van der Waals surface area contributed by atoms with E-state index in [0.717, 1.165) is 18.3 Å². The molecule has 3 aromatic rings. The molecule has 1 aromatic carbocycles. The second kappa shape index (κ2) is 6.75. The van der Waals surface area contributed by atoms with Crippen LogP contribution in [0.25, 0.3) is 11.0 Å². The molecule has 8 nitrogen and oxygen atoms in total. The minimum absolute atomic E-state index is 0.0274. The van der Waals surface area contributed by atoms with Gasteiger partial charge in [-0.3, -0.25) is 15.1 Å². The van der Waals surface area contributed by atoms with Crippen LogP contribution in [-0.2, 0) is 0 Å². The zero-order valence-electron chi connectivity index (χ0n) is 13.5. The molecule has 2 aromatic heterocycles. The summed E-state index contributed by atoms with van der Waals surface area (Å²) in [4.78, 5) is 17.9. The van der Waals surface area contributed by atoms with Gasteiger partial charge >= 0.3 is 0 Å². The summed E-state index contributed by atoms with van der Waals surface area (Å²) in [6.45, 7) is 0. The maximum absolute atomic E-state index is 14.2. The van der Waals surface area contributed by atoms with E-state index in [1.807, 2.05) is 0 Å². The maximum Gasteiger partial charge on any atom is 0.272 e. The van der Waals surface area contributed by atoms with Gasteiger partial charge in [-0.05, 0) is 6.07 Å². The Bertz CT molecular complexity index is 1010. The number of hydrogen-bond donors (Lipinski definition) is 0. The third-order valence-electron chi connectivity index (χ3n) is 3.44. The summed E-state index contributed by atoms with van der Waals surface area (Å²) in [5.41, 5.74) is -0.263. The highest BCUT2D eigenvalue weighted by Crippen LogP contribution is 2.36. The Labute approximate surface area is 145 Å². The molecule has 0 saturated carbocycles. The first-order valence-corrected chi connectivity index (χ1v) is 7.13. The lowest BCUT2D eigenvalue weighted by molar-refractivity contribution is -0.385. The van der Waals surface area contributed by atoms with Crippen molar-refractivity contribution in [2.45, 2.75) is 0 Å². The molecule has 0 aliphatic carbocycles. The fourth-order valence-electron chi connectivity index (χ4n) is 2.22. The molecule has 2 heterocycles. The molecule has 0 atom stereocenters. The largest absolute Gasteiger partial charge is 0.491 e. The van der Waals surface area contributed by atoms with E-state index < -0.39 is 33.7 Å². The van der Waals surface area contributed by atoms with E-state index in [4.69, 9.17) is 14.2 Å². The number of hydrogen-bond acceptors (Lipinski definition) is 7. The second-order valence-electron chi connectivity index (χ2n) is 4.98. The summed E-state index contributed by atoms with van der Waals surface area (Å²) in [6.07, 6.45) is 0.883. The fourth-order valence-corrected chi connectivity index (χ4v) is 2.22. The van der Waals surface area contributed by atoms with Crippen LogP contribution in [0.2, 0.25) is 0 Å². The van der Waals surface area contributed by atoms with Gasteiger partial charge in [0, 0.05) is 12.1 Å². The highest BCUT2D eigenvalue weighted by atomic mass is 19.1. The summed E-state index contributed by atoms with van der Waals surface area (Å²) < 4.78 is 43.7. The van der Waals surface area contributed by atoms with Gasteiger partial charge in [0.2, 0.25) is 0 Å². The second-order valence-corrected chi connectivity index (χ2v) is 4.98. The summed E-state index contributed by atoms with van der Waals surface area (Å²) in [5.74, 6) is -2.39. The normalized spacial score (nSPS) is 10.6. The maximum atomic E-state index is 14.2. The lowest BCUT2D eigenvalue weighted by Gasteiger charge is -2.12. The average molecular weight is 363 g/mol. The molecule has 134 valence electrons. The molecular formula is C16H11F2N3O5. The van der Waals surface area contributed by atoms with Gasteiger partial charge in [0.05, 0.1) is 36.9 Å². The van der Waals surface area contributed by atoms with E-state index in [0.29, 0.717) is 6.07 Å². The van der Waals surface area contributed by atoms with Gasteiger partial charge in [-0.2, -0.15) is 0 Å². The molecule has 0 spiro atoms. The number of nitro groups is 1. The van der Waals surface area contributed by atoms with Gasteiger partial charge in [0.1, 0.15) is 5.52 Å². The van der Waals surface area contributed by atoms with E-state index in [1.165, 1.54) is 20.3 Å². The van der Waals surface area contributed by atoms with Crippen LogP contribution in [-0.4, -0.2) is 29.1 Å². The van der Waals surface area contributed by atoms with E-state index in [-0.39, 0.29) is 22.7 Å². The fraction of sp³-hybridized carbons (Fsp3) is 0.125. The first-order valence-electron chi connectivity index (χ1n) is 7.13. The van der Waals surface area contributed by atoms with Crippen molar-refractivity contribution < 1.29 is 27.9 Å². The van der Waals surface area contributed by atoms with Gasteiger partial charge in [-0.1, -0.05) is 0 Å². The Balaban J connectivity index is 2.12. The first kappa shape index (κ1) is 17.3. The zero-order chi connectivity index (χ0) is 18.8. The number of nitro benzene ring substituents is 1. The molecule has 0 aliphatic rings.